The predicted molar refractivity (Wildman–Crippen MR) is 96.0 cm³/mol. The van der Waals surface area contributed by atoms with E-state index in [9.17, 15) is 19.5 Å². The molecule has 2 fully saturated rings. The van der Waals surface area contributed by atoms with E-state index in [1.165, 1.54) is 0 Å². The maximum atomic E-state index is 12.9. The van der Waals surface area contributed by atoms with Crippen molar-refractivity contribution in [2.75, 3.05) is 0 Å². The summed E-state index contributed by atoms with van der Waals surface area (Å²) in [4.78, 5) is 37.6. The summed E-state index contributed by atoms with van der Waals surface area (Å²) in [5.74, 6) is -2.21. The Bertz CT molecular complexity index is 742. The average molecular weight is 358 g/mol. The van der Waals surface area contributed by atoms with Gasteiger partial charge < -0.3 is 9.84 Å². The molecular formula is C21H26O5. The van der Waals surface area contributed by atoms with E-state index in [1.54, 1.807) is 12.2 Å². The fraction of sp³-hybridized carbons (Fsp3) is 0.571. The summed E-state index contributed by atoms with van der Waals surface area (Å²) >= 11 is 0. The van der Waals surface area contributed by atoms with Gasteiger partial charge in [-0.1, -0.05) is 32.1 Å². The third kappa shape index (κ3) is 2.60. The number of carbonyl (C=O) groups excluding carboxylic acids is 3. The van der Waals surface area contributed by atoms with Crippen LogP contribution in [-0.4, -0.2) is 34.9 Å². The molecule has 0 aromatic heterocycles. The Balaban J connectivity index is 2.12. The molecule has 0 spiro atoms. The first-order valence-corrected chi connectivity index (χ1v) is 9.07. The molecule has 0 radical (unpaired) electrons. The molecule has 5 heteroatoms. The van der Waals surface area contributed by atoms with Crippen LogP contribution in [0.15, 0.2) is 36.0 Å². The Morgan fingerprint density at radius 2 is 2.04 bits per heavy atom. The number of fused-ring (bicyclic) bond motifs is 2. The van der Waals surface area contributed by atoms with Crippen LogP contribution in [0.4, 0.5) is 0 Å². The summed E-state index contributed by atoms with van der Waals surface area (Å²) < 4.78 is 5.43. The van der Waals surface area contributed by atoms with Gasteiger partial charge in [0.2, 0.25) is 0 Å². The zero-order chi connectivity index (χ0) is 19.4. The van der Waals surface area contributed by atoms with Crippen molar-refractivity contribution in [2.45, 2.75) is 46.3 Å². The number of hydrogen-bond acceptors (Lipinski definition) is 5. The van der Waals surface area contributed by atoms with Gasteiger partial charge in [-0.15, -0.1) is 0 Å². The van der Waals surface area contributed by atoms with Crippen molar-refractivity contribution in [1.29, 1.82) is 0 Å². The van der Waals surface area contributed by atoms with Gasteiger partial charge in [0.25, 0.3) is 0 Å². The molecule has 7 atom stereocenters. The third-order valence-electron chi connectivity index (χ3n) is 6.46. The van der Waals surface area contributed by atoms with Gasteiger partial charge >= 0.3 is 5.97 Å². The summed E-state index contributed by atoms with van der Waals surface area (Å²) in [6.45, 7) is 11.3. The van der Waals surface area contributed by atoms with Gasteiger partial charge in [-0.3, -0.25) is 9.59 Å². The minimum Gasteiger partial charge on any atom is -0.456 e. The molecule has 1 N–H and O–H groups in total. The summed E-state index contributed by atoms with van der Waals surface area (Å²) in [5, 5.41) is 10.8. The van der Waals surface area contributed by atoms with Crippen LogP contribution < -0.4 is 0 Å². The van der Waals surface area contributed by atoms with Crippen LogP contribution in [0.3, 0.4) is 0 Å². The Labute approximate surface area is 153 Å². The van der Waals surface area contributed by atoms with Gasteiger partial charge in [0.15, 0.2) is 11.6 Å². The fourth-order valence-electron chi connectivity index (χ4n) is 5.07. The number of rotatable bonds is 3. The van der Waals surface area contributed by atoms with Crippen LogP contribution in [0, 0.1) is 29.1 Å². The van der Waals surface area contributed by atoms with Crippen LogP contribution in [0.5, 0.6) is 0 Å². The van der Waals surface area contributed by atoms with E-state index in [4.69, 9.17) is 4.74 Å². The molecule has 0 amide bonds. The number of allylic oxidation sites excluding steroid dienone is 4. The van der Waals surface area contributed by atoms with E-state index >= 15 is 0 Å². The Morgan fingerprint density at radius 3 is 2.65 bits per heavy atom. The predicted octanol–water partition coefficient (Wildman–Crippen LogP) is 2.40. The Morgan fingerprint density at radius 1 is 1.38 bits per heavy atom. The number of esters is 1. The quantitative estimate of drug-likeness (QED) is 0.619. The molecule has 1 saturated heterocycles. The largest absolute Gasteiger partial charge is 0.456 e. The second-order valence-electron chi connectivity index (χ2n) is 8.30. The summed E-state index contributed by atoms with van der Waals surface area (Å²) in [6.07, 6.45) is 3.38. The van der Waals surface area contributed by atoms with E-state index in [0.29, 0.717) is 0 Å². The molecule has 1 heterocycles. The first-order valence-electron chi connectivity index (χ1n) is 9.07. The highest BCUT2D eigenvalue weighted by Gasteiger charge is 2.62. The zero-order valence-corrected chi connectivity index (χ0v) is 15.7. The van der Waals surface area contributed by atoms with Crippen LogP contribution >= 0.6 is 0 Å². The van der Waals surface area contributed by atoms with Gasteiger partial charge in [0, 0.05) is 23.3 Å². The Kier molecular flexibility index (Phi) is 4.55. The van der Waals surface area contributed by atoms with Gasteiger partial charge in [0.05, 0.1) is 6.10 Å². The molecule has 26 heavy (non-hydrogen) atoms. The average Bonchev–Trinajstić information content (AvgIpc) is 2.99. The number of ketones is 2. The van der Waals surface area contributed by atoms with Crippen LogP contribution in [0.1, 0.15) is 34.1 Å². The number of ether oxygens (including phenoxy) is 1. The molecule has 1 saturated carbocycles. The third-order valence-corrected chi connectivity index (χ3v) is 6.46. The molecular weight excluding hydrogens is 332 g/mol. The van der Waals surface area contributed by atoms with Crippen molar-refractivity contribution >= 4 is 17.5 Å². The first kappa shape index (κ1) is 18.8. The lowest BCUT2D eigenvalue weighted by molar-refractivity contribution is -0.146. The fourth-order valence-corrected chi connectivity index (χ4v) is 5.07. The highest BCUT2D eigenvalue weighted by Crippen LogP contribution is 2.57. The first-order chi connectivity index (χ1) is 12.1. The van der Waals surface area contributed by atoms with E-state index in [-0.39, 0.29) is 35.4 Å². The second-order valence-corrected chi connectivity index (χ2v) is 8.30. The monoisotopic (exact) mass is 358 g/mol. The van der Waals surface area contributed by atoms with Crippen molar-refractivity contribution in [3.8, 4) is 0 Å². The number of hydrogen-bond donors (Lipinski definition) is 1. The topological polar surface area (TPSA) is 80.7 Å². The molecule has 5 unspecified atom stereocenters. The smallest absolute Gasteiger partial charge is 0.334 e. The molecule has 0 bridgehead atoms. The number of aliphatic hydroxyl groups excluding tert-OH is 1. The molecule has 2 aliphatic carbocycles. The van der Waals surface area contributed by atoms with Gasteiger partial charge in [-0.25, -0.2) is 4.79 Å². The minimum atomic E-state index is -0.911. The van der Waals surface area contributed by atoms with Crippen LogP contribution in [-0.2, 0) is 19.1 Å². The maximum Gasteiger partial charge on any atom is 0.334 e. The lowest BCUT2D eigenvalue weighted by Crippen LogP contribution is -2.43. The molecule has 1 aliphatic heterocycles. The second kappa shape index (κ2) is 6.31. The van der Waals surface area contributed by atoms with Crippen molar-refractivity contribution in [3.05, 3.63) is 36.0 Å². The Hall–Kier alpha value is -2.01. The van der Waals surface area contributed by atoms with Gasteiger partial charge in [-0.2, -0.15) is 0 Å². The molecule has 3 aliphatic rings. The molecule has 5 nitrogen and oxygen atoms in total. The SMILES string of the molecule is C=C1C(=O)OC2C1C(CC(=O)C=C(C)C)[C@]1(C)C(=O)C=CC1C(C)[C@H]2O. The van der Waals surface area contributed by atoms with E-state index in [1.807, 2.05) is 33.8 Å². The normalized spacial score (nSPS) is 41.3. The summed E-state index contributed by atoms with van der Waals surface area (Å²) in [5.41, 5.74) is 0.253. The minimum absolute atomic E-state index is 0.0654. The number of carbonyl (C=O) groups is 3. The van der Waals surface area contributed by atoms with Crippen LogP contribution in [0.2, 0.25) is 0 Å². The van der Waals surface area contributed by atoms with Gasteiger partial charge in [-0.05, 0) is 43.8 Å². The molecule has 3 rings (SSSR count). The van der Waals surface area contributed by atoms with E-state index in [0.717, 1.165) is 5.57 Å². The summed E-state index contributed by atoms with van der Waals surface area (Å²) in [7, 11) is 0. The van der Waals surface area contributed by atoms with E-state index < -0.39 is 35.4 Å². The van der Waals surface area contributed by atoms with Gasteiger partial charge in [0.1, 0.15) is 6.10 Å². The molecule has 0 aromatic carbocycles. The highest BCUT2D eigenvalue weighted by atomic mass is 16.6. The maximum absolute atomic E-state index is 12.9. The molecule has 0 aromatic rings. The van der Waals surface area contributed by atoms with Crippen molar-refractivity contribution in [1.82, 2.24) is 0 Å². The standard InChI is InChI=1S/C21H26O5/c1-10(2)8-13(22)9-15-17-12(4)20(25)26-19(17)18(24)11(3)14-6-7-16(23)21(14,15)5/h6-8,11,14-15,17-19,24H,4,9H2,1-3,5H3/t11?,14?,15?,17?,18-,19?,21-/m1/s1. The van der Waals surface area contributed by atoms with Crippen molar-refractivity contribution in [3.63, 3.8) is 0 Å². The van der Waals surface area contributed by atoms with Crippen molar-refractivity contribution < 1.29 is 24.2 Å². The highest BCUT2D eigenvalue weighted by molar-refractivity contribution is 6.00. The lowest BCUT2D eigenvalue weighted by atomic mass is 9.60. The molecule has 140 valence electrons. The van der Waals surface area contributed by atoms with E-state index in [2.05, 4.69) is 6.58 Å². The van der Waals surface area contributed by atoms with Crippen LogP contribution in [0.25, 0.3) is 0 Å². The zero-order valence-electron chi connectivity index (χ0n) is 15.7. The van der Waals surface area contributed by atoms with Crippen molar-refractivity contribution in [2.24, 2.45) is 29.1 Å². The summed E-state index contributed by atoms with van der Waals surface area (Å²) in [6, 6.07) is 0. The lowest BCUT2D eigenvalue weighted by Gasteiger charge is -2.40. The number of aliphatic hydroxyl groups is 1.